The monoisotopic (exact) mass is 243 g/mol. The average Bonchev–Trinajstić information content (AvgIpc) is 2.82. The summed E-state index contributed by atoms with van der Waals surface area (Å²) in [4.78, 5) is 4.02. The van der Waals surface area contributed by atoms with Crippen LogP contribution in [0.3, 0.4) is 0 Å². The maximum Gasteiger partial charge on any atom is 0.119 e. The molecule has 95 valence electrons. The Balaban J connectivity index is 1.92. The Labute approximate surface area is 108 Å². The summed E-state index contributed by atoms with van der Waals surface area (Å²) in [6.07, 6.45) is 7.63. The zero-order valence-corrected chi connectivity index (χ0v) is 11.1. The largest absolute Gasteiger partial charge is 0.493 e. The number of ether oxygens (including phenoxy) is 1. The number of nitrogens with zero attached hydrogens (tertiary/aromatic N) is 2. The molecule has 3 nitrogen and oxygen atoms in total. The lowest BCUT2D eigenvalue weighted by atomic mass is 9.93. The van der Waals surface area contributed by atoms with Gasteiger partial charge < -0.3 is 9.30 Å². The van der Waals surface area contributed by atoms with Crippen molar-refractivity contribution < 1.29 is 4.74 Å². The lowest BCUT2D eigenvalue weighted by molar-refractivity contribution is 0.309. The predicted molar refractivity (Wildman–Crippen MR) is 72.8 cm³/mol. The predicted octanol–water partition coefficient (Wildman–Crippen LogP) is 3.50. The molecular formula is C15H19N2O. The molecule has 1 heterocycles. The van der Waals surface area contributed by atoms with Crippen molar-refractivity contribution >= 4 is 0 Å². The van der Waals surface area contributed by atoms with Gasteiger partial charge in [0, 0.05) is 24.5 Å². The van der Waals surface area contributed by atoms with Crippen LogP contribution >= 0.6 is 0 Å². The van der Waals surface area contributed by atoms with Crippen LogP contribution in [0.5, 0.6) is 5.75 Å². The maximum absolute atomic E-state index is 5.67. The summed E-state index contributed by atoms with van der Waals surface area (Å²) in [5, 5.41) is 0. The summed E-state index contributed by atoms with van der Waals surface area (Å²) in [5.74, 6) is 0.888. The van der Waals surface area contributed by atoms with Crippen LogP contribution in [0, 0.1) is 11.8 Å². The van der Waals surface area contributed by atoms with E-state index < -0.39 is 0 Å². The van der Waals surface area contributed by atoms with Gasteiger partial charge in [-0.25, -0.2) is 4.98 Å². The Kier molecular flexibility index (Phi) is 3.70. The third-order valence-corrected chi connectivity index (χ3v) is 2.58. The molecule has 0 saturated heterocycles. The molecule has 2 rings (SSSR count). The molecule has 1 aromatic carbocycles. The fourth-order valence-electron chi connectivity index (χ4n) is 1.51. The molecule has 1 aromatic heterocycles. The van der Waals surface area contributed by atoms with E-state index in [0.717, 1.165) is 11.4 Å². The molecule has 0 bridgehead atoms. The molecule has 0 aliphatic rings. The molecule has 2 aromatic rings. The Hall–Kier alpha value is -1.77. The summed E-state index contributed by atoms with van der Waals surface area (Å²) in [5.41, 5.74) is 1.27. The van der Waals surface area contributed by atoms with Gasteiger partial charge in [0.25, 0.3) is 0 Å². The minimum Gasteiger partial charge on any atom is -0.493 e. The van der Waals surface area contributed by atoms with E-state index in [-0.39, 0.29) is 5.41 Å². The van der Waals surface area contributed by atoms with Gasteiger partial charge >= 0.3 is 0 Å². The van der Waals surface area contributed by atoms with Gasteiger partial charge in [-0.15, -0.1) is 0 Å². The fraction of sp³-hybridized carbons (Fsp3) is 0.333. The van der Waals surface area contributed by atoms with Gasteiger partial charge in [-0.3, -0.25) is 0 Å². The first-order valence-corrected chi connectivity index (χ1v) is 6.10. The molecule has 0 amide bonds. The molecule has 0 atom stereocenters. The van der Waals surface area contributed by atoms with Gasteiger partial charge in [0.15, 0.2) is 0 Å². The van der Waals surface area contributed by atoms with E-state index in [1.165, 1.54) is 0 Å². The van der Waals surface area contributed by atoms with Crippen LogP contribution in [0.25, 0.3) is 5.69 Å². The van der Waals surface area contributed by atoms with Gasteiger partial charge in [-0.2, -0.15) is 0 Å². The van der Waals surface area contributed by atoms with Crippen LogP contribution in [0.4, 0.5) is 0 Å². The number of aromatic nitrogens is 2. The highest BCUT2D eigenvalue weighted by Crippen LogP contribution is 2.19. The van der Waals surface area contributed by atoms with Crippen LogP contribution in [-0.2, 0) is 0 Å². The lowest BCUT2D eigenvalue weighted by Crippen LogP contribution is -2.12. The molecule has 0 spiro atoms. The second kappa shape index (κ2) is 5.25. The molecular weight excluding hydrogens is 224 g/mol. The number of imidazole rings is 1. The van der Waals surface area contributed by atoms with Gasteiger partial charge in [-0.1, -0.05) is 20.8 Å². The van der Waals surface area contributed by atoms with Gasteiger partial charge in [0.05, 0.1) is 12.9 Å². The van der Waals surface area contributed by atoms with Crippen LogP contribution in [-0.4, -0.2) is 16.2 Å². The Morgan fingerprint density at radius 3 is 2.50 bits per heavy atom. The lowest BCUT2D eigenvalue weighted by Gasteiger charge is -2.17. The van der Waals surface area contributed by atoms with Crippen LogP contribution in [0.15, 0.2) is 43.0 Å². The van der Waals surface area contributed by atoms with Crippen LogP contribution in [0.2, 0.25) is 0 Å². The van der Waals surface area contributed by atoms with E-state index in [2.05, 4.69) is 32.2 Å². The first-order valence-electron chi connectivity index (χ1n) is 6.10. The average molecular weight is 243 g/mol. The van der Waals surface area contributed by atoms with E-state index in [9.17, 15) is 0 Å². The second-order valence-electron chi connectivity index (χ2n) is 5.35. The Morgan fingerprint density at radius 1 is 1.22 bits per heavy atom. The van der Waals surface area contributed by atoms with E-state index >= 15 is 0 Å². The second-order valence-corrected chi connectivity index (χ2v) is 5.35. The van der Waals surface area contributed by atoms with Crippen molar-refractivity contribution in [3.63, 3.8) is 0 Å². The normalized spacial score (nSPS) is 11.5. The van der Waals surface area contributed by atoms with Crippen molar-refractivity contribution in [1.29, 1.82) is 0 Å². The highest BCUT2D eigenvalue weighted by Gasteiger charge is 2.10. The van der Waals surface area contributed by atoms with Crippen molar-refractivity contribution in [2.75, 3.05) is 6.61 Å². The molecule has 0 fully saturated rings. The third kappa shape index (κ3) is 3.62. The van der Waals surface area contributed by atoms with Crippen LogP contribution in [0.1, 0.15) is 20.8 Å². The maximum atomic E-state index is 5.67. The van der Waals surface area contributed by atoms with Gasteiger partial charge in [0.1, 0.15) is 5.75 Å². The molecule has 18 heavy (non-hydrogen) atoms. The van der Waals surface area contributed by atoms with Crippen molar-refractivity contribution in [3.8, 4) is 11.4 Å². The summed E-state index contributed by atoms with van der Waals surface area (Å²) < 4.78 is 7.64. The first-order chi connectivity index (χ1) is 8.54. The molecule has 0 saturated carbocycles. The third-order valence-electron chi connectivity index (χ3n) is 2.58. The van der Waals surface area contributed by atoms with E-state index in [1.54, 1.807) is 12.5 Å². The number of hydrogen-bond acceptors (Lipinski definition) is 2. The van der Waals surface area contributed by atoms with E-state index in [0.29, 0.717) is 6.61 Å². The molecule has 0 N–H and O–H groups in total. The summed E-state index contributed by atoms with van der Waals surface area (Å²) in [6.45, 7) is 7.13. The summed E-state index contributed by atoms with van der Waals surface area (Å²) >= 11 is 0. The smallest absolute Gasteiger partial charge is 0.119 e. The highest BCUT2D eigenvalue weighted by atomic mass is 16.5. The van der Waals surface area contributed by atoms with Crippen molar-refractivity contribution in [2.24, 2.45) is 5.41 Å². The van der Waals surface area contributed by atoms with Crippen molar-refractivity contribution in [3.05, 3.63) is 49.4 Å². The molecule has 0 aliphatic heterocycles. The van der Waals surface area contributed by atoms with E-state index in [1.807, 2.05) is 35.0 Å². The Bertz CT molecular complexity index is 466. The topological polar surface area (TPSA) is 27.1 Å². The summed E-state index contributed by atoms with van der Waals surface area (Å²) in [6, 6.07) is 8.00. The summed E-state index contributed by atoms with van der Waals surface area (Å²) in [7, 11) is 0. The molecule has 0 aliphatic carbocycles. The Morgan fingerprint density at radius 2 is 1.94 bits per heavy atom. The number of rotatable bonds is 4. The number of hydrogen-bond donors (Lipinski definition) is 0. The first kappa shape index (κ1) is 12.7. The molecule has 3 heteroatoms. The zero-order valence-electron chi connectivity index (χ0n) is 11.1. The minimum atomic E-state index is 0.191. The fourth-order valence-corrected chi connectivity index (χ4v) is 1.51. The van der Waals surface area contributed by atoms with Gasteiger partial charge in [-0.05, 0) is 29.7 Å². The molecule has 0 unspecified atom stereocenters. The minimum absolute atomic E-state index is 0.191. The molecule has 1 radical (unpaired) electrons. The number of benzene rings is 1. The standard InChI is InChI=1S/C15H19N2O/c1-15(2,3)8-11-18-14-6-4-13(5-7-14)17-10-9-16-12-17/h4-10,12H,11H2,1-3H3. The van der Waals surface area contributed by atoms with Gasteiger partial charge in [0.2, 0.25) is 0 Å². The quantitative estimate of drug-likeness (QED) is 0.821. The van der Waals surface area contributed by atoms with E-state index in [4.69, 9.17) is 4.74 Å². The SMILES string of the molecule is CC(C)(C)[CH]COc1ccc(-n2ccnc2)cc1. The van der Waals surface area contributed by atoms with Crippen LogP contribution < -0.4 is 4.74 Å². The van der Waals surface area contributed by atoms with Crippen molar-refractivity contribution in [1.82, 2.24) is 9.55 Å². The van der Waals surface area contributed by atoms with Crippen molar-refractivity contribution in [2.45, 2.75) is 20.8 Å². The zero-order chi connectivity index (χ0) is 13.0. The highest BCUT2D eigenvalue weighted by molar-refractivity contribution is 5.37.